The molecule has 1 saturated carbocycles. The van der Waals surface area contributed by atoms with Crippen molar-refractivity contribution in [2.45, 2.75) is 38.6 Å². The Hall–Kier alpha value is -0.480. The summed E-state index contributed by atoms with van der Waals surface area (Å²) in [4.78, 5) is 0. The largest absolute Gasteiger partial charge is 0.313 e. The van der Waals surface area contributed by atoms with Gasteiger partial charge < -0.3 is 5.32 Å². The van der Waals surface area contributed by atoms with Gasteiger partial charge in [-0.2, -0.15) is 0 Å². The minimum atomic E-state index is 0.581. The fourth-order valence-corrected chi connectivity index (χ4v) is 1.43. The first kappa shape index (κ1) is 8.62. The van der Waals surface area contributed by atoms with Crippen molar-refractivity contribution in [2.24, 2.45) is 5.92 Å². The first-order valence-electron chi connectivity index (χ1n) is 4.53. The highest BCUT2D eigenvalue weighted by Gasteiger charge is 2.24. The lowest BCUT2D eigenvalue weighted by Gasteiger charge is -2.13. The summed E-state index contributed by atoms with van der Waals surface area (Å²) >= 11 is 0. The summed E-state index contributed by atoms with van der Waals surface area (Å²) in [5, 5.41) is 3.41. The fourth-order valence-electron chi connectivity index (χ4n) is 1.43. The first-order valence-corrected chi connectivity index (χ1v) is 4.53. The molecular formula is C10H17N. The normalized spacial score (nSPS) is 19.3. The van der Waals surface area contributed by atoms with Gasteiger partial charge in [0.15, 0.2) is 0 Å². The molecule has 1 unspecified atom stereocenters. The van der Waals surface area contributed by atoms with E-state index in [-0.39, 0.29) is 0 Å². The van der Waals surface area contributed by atoms with Gasteiger partial charge in [-0.25, -0.2) is 0 Å². The number of rotatable bonds is 5. The molecule has 1 heteroatoms. The lowest BCUT2D eigenvalue weighted by atomic mass is 10.1. The van der Waals surface area contributed by atoms with Crippen LogP contribution in [0.5, 0.6) is 0 Å². The Balaban J connectivity index is 2.14. The Morgan fingerprint density at radius 3 is 2.82 bits per heavy atom. The van der Waals surface area contributed by atoms with E-state index in [2.05, 4.69) is 18.2 Å². The predicted octanol–water partition coefficient (Wildman–Crippen LogP) is 1.79. The van der Waals surface area contributed by atoms with Crippen molar-refractivity contribution in [3.8, 4) is 12.3 Å². The van der Waals surface area contributed by atoms with Crippen molar-refractivity contribution in [3.05, 3.63) is 0 Å². The highest BCUT2D eigenvalue weighted by Crippen LogP contribution is 2.33. The van der Waals surface area contributed by atoms with Gasteiger partial charge in [0.1, 0.15) is 0 Å². The Bertz CT molecular complexity index is 141. The zero-order chi connectivity index (χ0) is 8.10. The second kappa shape index (κ2) is 4.41. The SMILES string of the molecule is C#CCC(CC1CC1)NCC. The Morgan fingerprint density at radius 1 is 1.64 bits per heavy atom. The quantitative estimate of drug-likeness (QED) is 0.591. The molecule has 0 bridgehead atoms. The molecule has 0 radical (unpaired) electrons. The van der Waals surface area contributed by atoms with Gasteiger partial charge in [-0.1, -0.05) is 19.8 Å². The molecule has 0 aliphatic heterocycles. The summed E-state index contributed by atoms with van der Waals surface area (Å²) in [6, 6.07) is 0.581. The standard InChI is InChI=1S/C10H17N/c1-3-5-10(11-4-2)8-9-6-7-9/h1,9-11H,4-8H2,2H3. The highest BCUT2D eigenvalue weighted by atomic mass is 14.9. The molecule has 0 amide bonds. The summed E-state index contributed by atoms with van der Waals surface area (Å²) in [6.07, 6.45) is 10.3. The lowest BCUT2D eigenvalue weighted by Crippen LogP contribution is -2.28. The third-order valence-corrected chi connectivity index (χ3v) is 2.17. The van der Waals surface area contributed by atoms with E-state index in [1.165, 1.54) is 19.3 Å². The minimum absolute atomic E-state index is 0.581. The van der Waals surface area contributed by atoms with E-state index in [9.17, 15) is 0 Å². The van der Waals surface area contributed by atoms with E-state index in [1.807, 2.05) is 0 Å². The molecule has 1 aliphatic carbocycles. The monoisotopic (exact) mass is 151 g/mol. The number of hydrogen-bond acceptors (Lipinski definition) is 1. The maximum atomic E-state index is 5.27. The van der Waals surface area contributed by atoms with E-state index in [1.54, 1.807) is 0 Å². The average molecular weight is 151 g/mol. The van der Waals surface area contributed by atoms with Crippen molar-refractivity contribution in [1.82, 2.24) is 5.32 Å². The Labute approximate surface area is 69.6 Å². The van der Waals surface area contributed by atoms with Gasteiger partial charge in [0.2, 0.25) is 0 Å². The Kier molecular flexibility index (Phi) is 3.45. The van der Waals surface area contributed by atoms with Crippen molar-refractivity contribution < 1.29 is 0 Å². The van der Waals surface area contributed by atoms with E-state index < -0.39 is 0 Å². The first-order chi connectivity index (χ1) is 5.36. The van der Waals surface area contributed by atoms with Gasteiger partial charge in [0.25, 0.3) is 0 Å². The van der Waals surface area contributed by atoms with Crippen LogP contribution in [-0.4, -0.2) is 12.6 Å². The maximum Gasteiger partial charge on any atom is 0.0240 e. The lowest BCUT2D eigenvalue weighted by molar-refractivity contribution is 0.477. The van der Waals surface area contributed by atoms with Crippen LogP contribution in [0.2, 0.25) is 0 Å². The van der Waals surface area contributed by atoms with Gasteiger partial charge >= 0.3 is 0 Å². The van der Waals surface area contributed by atoms with E-state index in [4.69, 9.17) is 6.42 Å². The smallest absolute Gasteiger partial charge is 0.0240 e. The van der Waals surface area contributed by atoms with Crippen LogP contribution in [0.1, 0.15) is 32.6 Å². The molecule has 11 heavy (non-hydrogen) atoms. The molecule has 0 spiro atoms. The molecule has 62 valence electrons. The molecular weight excluding hydrogens is 134 g/mol. The van der Waals surface area contributed by atoms with Crippen LogP contribution in [0.3, 0.4) is 0 Å². The summed E-state index contributed by atoms with van der Waals surface area (Å²) in [7, 11) is 0. The van der Waals surface area contributed by atoms with Gasteiger partial charge in [0.05, 0.1) is 0 Å². The maximum absolute atomic E-state index is 5.27. The van der Waals surface area contributed by atoms with Gasteiger partial charge in [-0.05, 0) is 18.9 Å². The number of hydrogen-bond donors (Lipinski definition) is 1. The Morgan fingerprint density at radius 2 is 2.36 bits per heavy atom. The van der Waals surface area contributed by atoms with Gasteiger partial charge in [-0.15, -0.1) is 12.3 Å². The van der Waals surface area contributed by atoms with Crippen LogP contribution in [0, 0.1) is 18.3 Å². The molecule has 0 aromatic carbocycles. The highest BCUT2D eigenvalue weighted by molar-refractivity contribution is 4.92. The molecule has 0 saturated heterocycles. The van der Waals surface area contributed by atoms with Crippen LogP contribution in [0.4, 0.5) is 0 Å². The second-order valence-corrected chi connectivity index (χ2v) is 3.34. The molecule has 1 rings (SSSR count). The van der Waals surface area contributed by atoms with Gasteiger partial charge in [-0.3, -0.25) is 0 Å². The van der Waals surface area contributed by atoms with Crippen LogP contribution in [0.25, 0.3) is 0 Å². The fraction of sp³-hybridized carbons (Fsp3) is 0.800. The van der Waals surface area contributed by atoms with E-state index in [0.717, 1.165) is 18.9 Å². The minimum Gasteiger partial charge on any atom is -0.313 e. The molecule has 1 atom stereocenters. The van der Waals surface area contributed by atoms with Crippen LogP contribution >= 0.6 is 0 Å². The summed E-state index contributed by atoms with van der Waals surface area (Å²) < 4.78 is 0. The van der Waals surface area contributed by atoms with Crippen LogP contribution in [-0.2, 0) is 0 Å². The molecule has 1 aliphatic rings. The molecule has 1 N–H and O–H groups in total. The van der Waals surface area contributed by atoms with Crippen molar-refractivity contribution in [3.63, 3.8) is 0 Å². The number of terminal acetylenes is 1. The van der Waals surface area contributed by atoms with Crippen molar-refractivity contribution in [2.75, 3.05) is 6.54 Å². The van der Waals surface area contributed by atoms with Crippen LogP contribution in [0.15, 0.2) is 0 Å². The van der Waals surface area contributed by atoms with Crippen molar-refractivity contribution in [1.29, 1.82) is 0 Å². The third-order valence-electron chi connectivity index (χ3n) is 2.17. The molecule has 0 heterocycles. The predicted molar refractivity (Wildman–Crippen MR) is 48.3 cm³/mol. The van der Waals surface area contributed by atoms with Crippen LogP contribution < -0.4 is 5.32 Å². The molecule has 0 aromatic heterocycles. The number of nitrogens with one attached hydrogen (secondary N) is 1. The van der Waals surface area contributed by atoms with E-state index in [0.29, 0.717) is 6.04 Å². The van der Waals surface area contributed by atoms with E-state index >= 15 is 0 Å². The van der Waals surface area contributed by atoms with Gasteiger partial charge in [0, 0.05) is 12.5 Å². The average Bonchev–Trinajstić information content (AvgIpc) is 2.73. The molecule has 0 aromatic rings. The molecule has 1 fully saturated rings. The summed E-state index contributed by atoms with van der Waals surface area (Å²) in [5.74, 6) is 3.70. The second-order valence-electron chi connectivity index (χ2n) is 3.34. The zero-order valence-corrected chi connectivity index (χ0v) is 7.27. The summed E-state index contributed by atoms with van der Waals surface area (Å²) in [6.45, 7) is 3.18. The third kappa shape index (κ3) is 3.43. The zero-order valence-electron chi connectivity index (χ0n) is 7.27. The van der Waals surface area contributed by atoms with Crippen molar-refractivity contribution >= 4 is 0 Å². The summed E-state index contributed by atoms with van der Waals surface area (Å²) in [5.41, 5.74) is 0. The molecule has 1 nitrogen and oxygen atoms in total. The topological polar surface area (TPSA) is 12.0 Å².